The van der Waals surface area contributed by atoms with Crippen LogP contribution in [0.15, 0.2) is 11.1 Å². The number of rotatable bonds is 5. The molecule has 0 saturated heterocycles. The molecule has 0 aliphatic rings. The fourth-order valence-electron chi connectivity index (χ4n) is 1.11. The largest absolute Gasteiger partial charge is 0.369 e. The maximum absolute atomic E-state index is 11.1. The van der Waals surface area contributed by atoms with Gasteiger partial charge in [0.2, 0.25) is 0 Å². The summed E-state index contributed by atoms with van der Waals surface area (Å²) in [6.45, 7) is 1.72. The van der Waals surface area contributed by atoms with E-state index >= 15 is 0 Å². The van der Waals surface area contributed by atoms with Crippen LogP contribution in [0.2, 0.25) is 5.02 Å². The molecule has 84 valence electrons. The van der Waals surface area contributed by atoms with E-state index in [-0.39, 0.29) is 10.6 Å². The quantitative estimate of drug-likeness (QED) is 0.735. The fraction of sp³-hybridized carbons (Fsp3) is 0.556. The van der Waals surface area contributed by atoms with Crippen LogP contribution in [0.3, 0.4) is 0 Å². The molecule has 0 aliphatic heterocycles. The Hall–Kier alpha value is -1.07. The van der Waals surface area contributed by atoms with Crippen LogP contribution in [0.4, 0.5) is 5.82 Å². The Morgan fingerprint density at radius 3 is 3.00 bits per heavy atom. The molecule has 0 bridgehead atoms. The van der Waals surface area contributed by atoms with E-state index in [1.165, 1.54) is 6.33 Å². The van der Waals surface area contributed by atoms with Gasteiger partial charge in [-0.15, -0.1) is 0 Å². The molecular formula is C9H15ClN4O. The molecule has 0 amide bonds. The van der Waals surface area contributed by atoms with E-state index in [0.717, 1.165) is 19.5 Å². The van der Waals surface area contributed by atoms with Crippen molar-refractivity contribution in [3.8, 4) is 0 Å². The molecule has 0 spiro atoms. The van der Waals surface area contributed by atoms with E-state index in [1.54, 1.807) is 0 Å². The lowest BCUT2D eigenvalue weighted by atomic mass is 10.4. The third kappa shape index (κ3) is 3.89. The number of anilines is 1. The molecule has 6 heteroatoms. The normalized spacial score (nSPS) is 10.7. The van der Waals surface area contributed by atoms with Crippen molar-refractivity contribution in [3.63, 3.8) is 0 Å². The van der Waals surface area contributed by atoms with Crippen LogP contribution in [0.25, 0.3) is 0 Å². The van der Waals surface area contributed by atoms with Gasteiger partial charge in [-0.3, -0.25) is 4.79 Å². The maximum Gasteiger partial charge on any atom is 0.271 e. The van der Waals surface area contributed by atoms with Gasteiger partial charge >= 0.3 is 0 Å². The van der Waals surface area contributed by atoms with Crippen LogP contribution >= 0.6 is 11.6 Å². The van der Waals surface area contributed by atoms with Crippen molar-refractivity contribution in [2.24, 2.45) is 0 Å². The summed E-state index contributed by atoms with van der Waals surface area (Å²) < 4.78 is 0. The predicted octanol–water partition coefficient (Wildman–Crippen LogP) is 0.787. The molecule has 1 aromatic heterocycles. The Morgan fingerprint density at radius 2 is 2.33 bits per heavy atom. The van der Waals surface area contributed by atoms with Crippen molar-refractivity contribution in [1.82, 2.24) is 14.9 Å². The average Bonchev–Trinajstić information content (AvgIpc) is 2.18. The van der Waals surface area contributed by atoms with Crippen LogP contribution in [0, 0.1) is 0 Å². The Kier molecular flexibility index (Phi) is 4.58. The van der Waals surface area contributed by atoms with Gasteiger partial charge in [-0.2, -0.15) is 0 Å². The third-order valence-corrected chi connectivity index (χ3v) is 2.22. The topological polar surface area (TPSA) is 61.0 Å². The molecule has 1 heterocycles. The summed E-state index contributed by atoms with van der Waals surface area (Å²) in [6, 6.07) is 0. The number of nitrogens with zero attached hydrogens (tertiary/aromatic N) is 2. The molecule has 0 radical (unpaired) electrons. The highest BCUT2D eigenvalue weighted by Gasteiger charge is 2.03. The van der Waals surface area contributed by atoms with Crippen molar-refractivity contribution >= 4 is 17.4 Å². The number of hydrogen-bond acceptors (Lipinski definition) is 4. The van der Waals surface area contributed by atoms with Crippen LogP contribution < -0.4 is 10.9 Å². The highest BCUT2D eigenvalue weighted by Crippen LogP contribution is 2.11. The monoisotopic (exact) mass is 230 g/mol. The van der Waals surface area contributed by atoms with E-state index < -0.39 is 0 Å². The molecule has 5 nitrogen and oxygen atoms in total. The molecule has 15 heavy (non-hydrogen) atoms. The van der Waals surface area contributed by atoms with Crippen molar-refractivity contribution in [1.29, 1.82) is 0 Å². The second-order valence-electron chi connectivity index (χ2n) is 3.48. The lowest BCUT2D eigenvalue weighted by Crippen LogP contribution is -2.18. The average molecular weight is 231 g/mol. The highest BCUT2D eigenvalue weighted by molar-refractivity contribution is 6.32. The van der Waals surface area contributed by atoms with Crippen LogP contribution in [-0.4, -0.2) is 42.1 Å². The summed E-state index contributed by atoms with van der Waals surface area (Å²) in [4.78, 5) is 19.5. The van der Waals surface area contributed by atoms with Gasteiger partial charge in [-0.1, -0.05) is 11.6 Å². The number of hydrogen-bond donors (Lipinski definition) is 2. The van der Waals surface area contributed by atoms with E-state index in [0.29, 0.717) is 5.82 Å². The first-order valence-corrected chi connectivity index (χ1v) is 5.11. The van der Waals surface area contributed by atoms with Crippen molar-refractivity contribution in [2.45, 2.75) is 6.42 Å². The SMILES string of the molecule is CN(C)CCCNc1nc[nH]c(=O)c1Cl. The van der Waals surface area contributed by atoms with Crippen molar-refractivity contribution in [2.75, 3.05) is 32.5 Å². The summed E-state index contributed by atoms with van der Waals surface area (Å²) in [5, 5.41) is 3.13. The van der Waals surface area contributed by atoms with Crippen molar-refractivity contribution < 1.29 is 0 Å². The molecule has 2 N–H and O–H groups in total. The molecule has 1 rings (SSSR count). The zero-order chi connectivity index (χ0) is 11.3. The molecule has 0 unspecified atom stereocenters. The molecule has 0 aromatic carbocycles. The summed E-state index contributed by atoms with van der Waals surface area (Å²) in [6.07, 6.45) is 2.31. The van der Waals surface area contributed by atoms with E-state index in [9.17, 15) is 4.79 Å². The molecule has 0 fully saturated rings. The minimum atomic E-state index is -0.318. The third-order valence-electron chi connectivity index (χ3n) is 1.87. The second kappa shape index (κ2) is 5.72. The molecule has 1 aromatic rings. The van der Waals surface area contributed by atoms with Gasteiger partial charge in [0.1, 0.15) is 5.02 Å². The van der Waals surface area contributed by atoms with Gasteiger partial charge < -0.3 is 15.2 Å². The van der Waals surface area contributed by atoms with E-state index in [1.807, 2.05) is 14.1 Å². The van der Waals surface area contributed by atoms with Gasteiger partial charge in [0.25, 0.3) is 5.56 Å². The van der Waals surface area contributed by atoms with Gasteiger partial charge in [-0.05, 0) is 27.1 Å². The summed E-state index contributed by atoms with van der Waals surface area (Å²) in [5.74, 6) is 0.444. The van der Waals surface area contributed by atoms with Crippen LogP contribution in [0.1, 0.15) is 6.42 Å². The van der Waals surface area contributed by atoms with E-state index in [2.05, 4.69) is 20.2 Å². The lowest BCUT2D eigenvalue weighted by molar-refractivity contribution is 0.405. The summed E-state index contributed by atoms with van der Waals surface area (Å²) in [7, 11) is 4.02. The number of aromatic nitrogens is 2. The zero-order valence-electron chi connectivity index (χ0n) is 8.88. The Labute approximate surface area is 93.5 Å². The Bertz CT molecular complexity index is 363. The summed E-state index contributed by atoms with van der Waals surface area (Å²) in [5.41, 5.74) is -0.318. The van der Waals surface area contributed by atoms with Gasteiger partial charge in [0.15, 0.2) is 5.82 Å². The number of H-pyrrole nitrogens is 1. The number of aromatic amines is 1. The minimum absolute atomic E-state index is 0.113. The fourth-order valence-corrected chi connectivity index (χ4v) is 1.28. The Balaban J connectivity index is 2.44. The molecular weight excluding hydrogens is 216 g/mol. The first-order valence-electron chi connectivity index (χ1n) is 4.73. The summed E-state index contributed by atoms with van der Waals surface area (Å²) >= 11 is 5.76. The zero-order valence-corrected chi connectivity index (χ0v) is 9.64. The Morgan fingerprint density at radius 1 is 1.60 bits per heavy atom. The number of nitrogens with one attached hydrogen (secondary N) is 2. The van der Waals surface area contributed by atoms with Crippen LogP contribution in [-0.2, 0) is 0 Å². The molecule has 0 saturated carbocycles. The highest BCUT2D eigenvalue weighted by atomic mass is 35.5. The van der Waals surface area contributed by atoms with Gasteiger partial charge in [-0.25, -0.2) is 4.98 Å². The van der Waals surface area contributed by atoms with Gasteiger partial charge in [0.05, 0.1) is 6.33 Å². The lowest BCUT2D eigenvalue weighted by Gasteiger charge is -2.10. The van der Waals surface area contributed by atoms with Crippen LogP contribution in [0.5, 0.6) is 0 Å². The second-order valence-corrected chi connectivity index (χ2v) is 3.86. The van der Waals surface area contributed by atoms with Gasteiger partial charge in [0, 0.05) is 6.54 Å². The van der Waals surface area contributed by atoms with E-state index in [4.69, 9.17) is 11.6 Å². The molecule has 0 atom stereocenters. The molecule has 0 aliphatic carbocycles. The first-order chi connectivity index (χ1) is 7.11. The smallest absolute Gasteiger partial charge is 0.271 e. The predicted molar refractivity (Wildman–Crippen MR) is 61.5 cm³/mol. The standard InChI is InChI=1S/C9H15ClN4O/c1-14(2)5-3-4-11-8-7(10)9(15)13-6-12-8/h6H,3-5H2,1-2H3,(H2,11,12,13,15). The first kappa shape index (κ1) is 12.0. The minimum Gasteiger partial charge on any atom is -0.369 e. The maximum atomic E-state index is 11.1. The number of halogens is 1. The van der Waals surface area contributed by atoms with Crippen molar-refractivity contribution in [3.05, 3.63) is 21.7 Å².